The highest BCUT2D eigenvalue weighted by molar-refractivity contribution is 5.87. The second kappa shape index (κ2) is 3.14. The number of pyridine rings is 1. The zero-order valence-electron chi connectivity index (χ0n) is 7.90. The molecule has 0 N–H and O–H groups in total. The van der Waals surface area contributed by atoms with E-state index in [9.17, 15) is 4.79 Å². The normalized spacial score (nSPS) is 10.4. The summed E-state index contributed by atoms with van der Waals surface area (Å²) in [5.74, 6) is 0.714. The van der Waals surface area contributed by atoms with Gasteiger partial charge in [0.25, 0.3) is 0 Å². The number of fused-ring (bicyclic) bond motifs is 1. The Morgan fingerprint density at radius 2 is 2.36 bits per heavy atom. The number of carbonyl (C=O) groups excluding carboxylic acids is 1. The topological polar surface area (TPSA) is 52.3 Å². The van der Waals surface area contributed by atoms with Gasteiger partial charge in [0.05, 0.1) is 11.6 Å². The van der Waals surface area contributed by atoms with Gasteiger partial charge in [0.15, 0.2) is 11.3 Å². The number of aryl methyl sites for hydroxylation is 1. The molecule has 0 spiro atoms. The van der Waals surface area contributed by atoms with Gasteiger partial charge >= 0.3 is 5.97 Å². The fraction of sp³-hybridized carbons (Fsp3) is 0.200. The predicted octanol–water partition coefficient (Wildman–Crippen LogP) is 2.06. The second-order valence-electron chi connectivity index (χ2n) is 2.95. The fourth-order valence-electron chi connectivity index (χ4n) is 1.32. The maximum atomic E-state index is 10.8. The number of ether oxygens (including phenoxy) is 1. The molecule has 4 heteroatoms. The molecule has 0 unspecified atom stereocenters. The van der Waals surface area contributed by atoms with Crippen molar-refractivity contribution in [3.63, 3.8) is 0 Å². The van der Waals surface area contributed by atoms with Crippen molar-refractivity contribution in [3.8, 4) is 5.75 Å². The number of rotatable bonds is 1. The molecule has 72 valence electrons. The Kier molecular flexibility index (Phi) is 1.96. The van der Waals surface area contributed by atoms with Gasteiger partial charge in [-0.15, -0.1) is 0 Å². The van der Waals surface area contributed by atoms with Crippen molar-refractivity contribution in [2.45, 2.75) is 13.8 Å². The lowest BCUT2D eigenvalue weighted by Crippen LogP contribution is -2.01. The summed E-state index contributed by atoms with van der Waals surface area (Å²) < 4.78 is 10.4. The van der Waals surface area contributed by atoms with E-state index in [1.165, 1.54) is 6.92 Å². The summed E-state index contributed by atoms with van der Waals surface area (Å²) in [5.41, 5.74) is 0.626. The highest BCUT2D eigenvalue weighted by atomic mass is 16.5. The number of furan rings is 1. The fourth-order valence-corrected chi connectivity index (χ4v) is 1.32. The number of nitrogens with zero attached hydrogens (tertiary/aromatic N) is 1. The van der Waals surface area contributed by atoms with Crippen LogP contribution in [0, 0.1) is 6.92 Å². The van der Waals surface area contributed by atoms with Gasteiger partial charge in [-0.05, 0) is 13.0 Å². The van der Waals surface area contributed by atoms with E-state index in [-0.39, 0.29) is 5.97 Å². The van der Waals surface area contributed by atoms with Gasteiger partial charge in [0.1, 0.15) is 5.76 Å². The van der Waals surface area contributed by atoms with Crippen molar-refractivity contribution in [2.24, 2.45) is 0 Å². The summed E-state index contributed by atoms with van der Waals surface area (Å²) in [7, 11) is 0. The first-order valence-electron chi connectivity index (χ1n) is 4.20. The van der Waals surface area contributed by atoms with Crippen LogP contribution in [-0.4, -0.2) is 11.0 Å². The molecule has 0 radical (unpaired) electrons. The molecular weight excluding hydrogens is 182 g/mol. The van der Waals surface area contributed by atoms with E-state index >= 15 is 0 Å². The van der Waals surface area contributed by atoms with Crippen LogP contribution < -0.4 is 4.74 Å². The van der Waals surface area contributed by atoms with E-state index in [0.29, 0.717) is 17.1 Å². The third kappa shape index (κ3) is 1.35. The molecule has 4 nitrogen and oxygen atoms in total. The summed E-state index contributed by atoms with van der Waals surface area (Å²) in [6.45, 7) is 3.11. The van der Waals surface area contributed by atoms with Crippen LogP contribution in [0.1, 0.15) is 12.7 Å². The Hall–Kier alpha value is -1.84. The van der Waals surface area contributed by atoms with Crippen LogP contribution in [0.25, 0.3) is 11.0 Å². The number of hydrogen-bond acceptors (Lipinski definition) is 4. The molecule has 2 rings (SSSR count). The first-order valence-corrected chi connectivity index (χ1v) is 4.20. The molecule has 0 fully saturated rings. The maximum Gasteiger partial charge on any atom is 0.308 e. The van der Waals surface area contributed by atoms with Crippen LogP contribution >= 0.6 is 0 Å². The summed E-state index contributed by atoms with van der Waals surface area (Å²) in [5, 5.41) is 0.771. The van der Waals surface area contributed by atoms with Crippen molar-refractivity contribution < 1.29 is 13.9 Å². The van der Waals surface area contributed by atoms with Gasteiger partial charge in [-0.1, -0.05) is 0 Å². The molecule has 2 heterocycles. The number of carbonyl (C=O) groups is 1. The Labute approximate surface area is 80.5 Å². The Bertz CT molecular complexity index is 487. The minimum Gasteiger partial charge on any atom is -0.456 e. The predicted molar refractivity (Wildman–Crippen MR) is 50.1 cm³/mol. The highest BCUT2D eigenvalue weighted by Gasteiger charge is 2.13. The van der Waals surface area contributed by atoms with E-state index in [0.717, 1.165) is 5.39 Å². The van der Waals surface area contributed by atoms with Crippen LogP contribution in [0.15, 0.2) is 22.9 Å². The van der Waals surface area contributed by atoms with Crippen LogP contribution in [0.5, 0.6) is 5.75 Å². The lowest BCUT2D eigenvalue weighted by molar-refractivity contribution is -0.131. The third-order valence-corrected chi connectivity index (χ3v) is 1.86. The van der Waals surface area contributed by atoms with Crippen LogP contribution in [0.4, 0.5) is 0 Å². The molecule has 0 saturated carbocycles. The molecule has 0 atom stereocenters. The molecule has 0 aliphatic heterocycles. The summed E-state index contributed by atoms with van der Waals surface area (Å²) in [6, 6.07) is 1.75. The quantitative estimate of drug-likeness (QED) is 0.647. The van der Waals surface area contributed by atoms with E-state index in [4.69, 9.17) is 9.15 Å². The molecule has 2 aromatic heterocycles. The average Bonchev–Trinajstić information content (AvgIpc) is 2.43. The molecule has 0 aliphatic rings. The largest absolute Gasteiger partial charge is 0.456 e. The van der Waals surface area contributed by atoms with Gasteiger partial charge < -0.3 is 9.15 Å². The minimum absolute atomic E-state index is 0.354. The van der Waals surface area contributed by atoms with Crippen LogP contribution in [0.2, 0.25) is 0 Å². The van der Waals surface area contributed by atoms with Gasteiger partial charge in [-0.3, -0.25) is 9.78 Å². The minimum atomic E-state index is -0.354. The first kappa shape index (κ1) is 8.74. The molecule has 0 aromatic carbocycles. The standard InChI is InChI=1S/C10H9NO3/c1-6-10(14-7(2)12)8-3-4-11-5-9(8)13-6/h3-5H,1-2H3. The zero-order chi connectivity index (χ0) is 10.1. The van der Waals surface area contributed by atoms with Gasteiger partial charge in [-0.2, -0.15) is 0 Å². The molecule has 0 bridgehead atoms. The summed E-state index contributed by atoms with van der Waals surface area (Å²) >= 11 is 0. The monoisotopic (exact) mass is 191 g/mol. The van der Waals surface area contributed by atoms with Gasteiger partial charge in [0, 0.05) is 13.1 Å². The van der Waals surface area contributed by atoms with Gasteiger partial charge in [-0.25, -0.2) is 0 Å². The molecule has 14 heavy (non-hydrogen) atoms. The first-order chi connectivity index (χ1) is 6.68. The maximum absolute atomic E-state index is 10.8. The third-order valence-electron chi connectivity index (χ3n) is 1.86. The van der Waals surface area contributed by atoms with E-state index in [2.05, 4.69) is 4.98 Å². The molecule has 0 saturated heterocycles. The lowest BCUT2D eigenvalue weighted by Gasteiger charge is -1.97. The zero-order valence-corrected chi connectivity index (χ0v) is 7.90. The molecular formula is C10H9NO3. The Morgan fingerprint density at radius 1 is 1.57 bits per heavy atom. The van der Waals surface area contributed by atoms with E-state index < -0.39 is 0 Å². The molecule has 0 amide bonds. The highest BCUT2D eigenvalue weighted by Crippen LogP contribution is 2.31. The number of esters is 1. The van der Waals surface area contributed by atoms with Crippen LogP contribution in [0.3, 0.4) is 0 Å². The van der Waals surface area contributed by atoms with Gasteiger partial charge in [0.2, 0.25) is 0 Å². The number of hydrogen-bond donors (Lipinski definition) is 0. The lowest BCUT2D eigenvalue weighted by atomic mass is 10.3. The van der Waals surface area contributed by atoms with E-state index in [1.54, 1.807) is 25.4 Å². The summed E-state index contributed by atoms with van der Waals surface area (Å²) in [4.78, 5) is 14.7. The Morgan fingerprint density at radius 3 is 3.07 bits per heavy atom. The molecule has 0 aliphatic carbocycles. The summed E-state index contributed by atoms with van der Waals surface area (Å²) in [6.07, 6.45) is 3.22. The van der Waals surface area contributed by atoms with Crippen LogP contribution in [-0.2, 0) is 4.79 Å². The SMILES string of the molecule is CC(=O)Oc1c(C)oc2cnccc12. The van der Waals surface area contributed by atoms with Crippen molar-refractivity contribution >= 4 is 16.9 Å². The van der Waals surface area contributed by atoms with Crippen molar-refractivity contribution in [1.29, 1.82) is 0 Å². The van der Waals surface area contributed by atoms with Crippen molar-refractivity contribution in [2.75, 3.05) is 0 Å². The Balaban J connectivity index is 2.62. The van der Waals surface area contributed by atoms with Crippen molar-refractivity contribution in [3.05, 3.63) is 24.2 Å². The second-order valence-corrected chi connectivity index (χ2v) is 2.95. The molecule has 2 aromatic rings. The average molecular weight is 191 g/mol. The smallest absolute Gasteiger partial charge is 0.308 e. The van der Waals surface area contributed by atoms with E-state index in [1.807, 2.05) is 0 Å². The number of aromatic nitrogens is 1. The van der Waals surface area contributed by atoms with Crippen molar-refractivity contribution in [1.82, 2.24) is 4.98 Å².